The number of nitrogens with one attached hydrogen (secondary N) is 1. The van der Waals surface area contributed by atoms with E-state index in [1.165, 1.54) is 4.90 Å². The van der Waals surface area contributed by atoms with Gasteiger partial charge in [0.1, 0.15) is 5.60 Å². The second-order valence-corrected chi connectivity index (χ2v) is 10.3. The number of ether oxygens (including phenoxy) is 1. The van der Waals surface area contributed by atoms with Gasteiger partial charge in [0.2, 0.25) is 5.95 Å². The molecule has 3 rings (SSSR count). The van der Waals surface area contributed by atoms with Gasteiger partial charge in [0.25, 0.3) is 0 Å². The predicted octanol–water partition coefficient (Wildman–Crippen LogP) is 5.38. The number of alkyl halides is 3. The summed E-state index contributed by atoms with van der Waals surface area (Å²) in [6.45, 7) is 5.26. The van der Waals surface area contributed by atoms with Gasteiger partial charge in [-0.15, -0.1) is 0 Å². The van der Waals surface area contributed by atoms with Crippen LogP contribution in [0.25, 0.3) is 0 Å². The Morgan fingerprint density at radius 2 is 1.66 bits per heavy atom. The zero-order chi connectivity index (χ0) is 30.2. The summed E-state index contributed by atoms with van der Waals surface area (Å²) in [6, 6.07) is 13.5. The molecule has 0 saturated heterocycles. The monoisotopic (exact) mass is 574 g/mol. The van der Waals surface area contributed by atoms with Crippen molar-refractivity contribution in [2.45, 2.75) is 58.4 Å². The number of carbonyl (C=O) groups is 2. The topological polar surface area (TPSA) is 125 Å². The molecule has 41 heavy (non-hydrogen) atoms. The predicted molar refractivity (Wildman–Crippen MR) is 146 cm³/mol. The number of benzene rings is 2. The number of carboxylic acid groups (broad SMARTS) is 1. The molecule has 3 N–H and O–H groups in total. The molecular formula is C29H33F3N4O5. The fourth-order valence-corrected chi connectivity index (χ4v) is 4.02. The van der Waals surface area contributed by atoms with Crippen LogP contribution < -0.4 is 5.32 Å². The Labute approximate surface area is 236 Å². The number of hydrogen-bond donors (Lipinski definition) is 3. The number of rotatable bonds is 11. The molecule has 0 aliphatic rings. The van der Waals surface area contributed by atoms with Crippen molar-refractivity contribution in [1.29, 1.82) is 0 Å². The van der Waals surface area contributed by atoms with Crippen LogP contribution in [0.2, 0.25) is 0 Å². The van der Waals surface area contributed by atoms with Gasteiger partial charge in [-0.25, -0.2) is 14.8 Å². The summed E-state index contributed by atoms with van der Waals surface area (Å²) in [4.78, 5) is 33.0. The summed E-state index contributed by atoms with van der Waals surface area (Å²) in [7, 11) is 0. The molecule has 0 spiro atoms. The third-order valence-electron chi connectivity index (χ3n) is 5.87. The highest BCUT2D eigenvalue weighted by Crippen LogP contribution is 2.32. The van der Waals surface area contributed by atoms with Gasteiger partial charge in [-0.3, -0.25) is 4.79 Å². The van der Waals surface area contributed by atoms with Crippen molar-refractivity contribution in [2.24, 2.45) is 0 Å². The lowest BCUT2D eigenvalue weighted by Gasteiger charge is -2.27. The van der Waals surface area contributed by atoms with Crippen LogP contribution in [0.3, 0.4) is 0 Å². The van der Waals surface area contributed by atoms with Crippen LogP contribution in [0.1, 0.15) is 48.7 Å². The fourth-order valence-electron chi connectivity index (χ4n) is 4.02. The van der Waals surface area contributed by atoms with E-state index in [2.05, 4.69) is 15.3 Å². The summed E-state index contributed by atoms with van der Waals surface area (Å²) < 4.78 is 46.5. The highest BCUT2D eigenvalue weighted by atomic mass is 19.4. The third-order valence-corrected chi connectivity index (χ3v) is 5.87. The average molecular weight is 575 g/mol. The van der Waals surface area contributed by atoms with Gasteiger partial charge in [-0.05, 0) is 62.4 Å². The van der Waals surface area contributed by atoms with Crippen LogP contribution in [0.15, 0.2) is 54.7 Å². The number of carbonyl (C=O) groups excluding carboxylic acids is 1. The summed E-state index contributed by atoms with van der Waals surface area (Å²) in [5.41, 5.74) is 0.551. The molecule has 0 radical (unpaired) electrons. The van der Waals surface area contributed by atoms with Crippen LogP contribution in [-0.4, -0.2) is 55.9 Å². The van der Waals surface area contributed by atoms with Crippen LogP contribution in [-0.2, 0) is 41.5 Å². The number of carboxylic acids is 1. The number of aliphatic hydroxyl groups is 1. The van der Waals surface area contributed by atoms with E-state index in [9.17, 15) is 27.9 Å². The SMILES string of the molecule is CC(C)(C)OC(=O)N(CCO)Cc1ccc(Nc2ncc(C(F)(F)F)c(CCc3ccccc3CC(=O)O)n2)cc1. The van der Waals surface area contributed by atoms with Crippen molar-refractivity contribution in [3.05, 3.63) is 82.7 Å². The summed E-state index contributed by atoms with van der Waals surface area (Å²) in [5.74, 6) is -1.06. The minimum absolute atomic E-state index is 0.0322. The van der Waals surface area contributed by atoms with Gasteiger partial charge in [0, 0.05) is 25.0 Å². The molecule has 1 aromatic heterocycles. The number of aromatic nitrogens is 2. The molecule has 0 bridgehead atoms. The molecule has 220 valence electrons. The number of aliphatic carboxylic acids is 1. The van der Waals surface area contributed by atoms with E-state index in [4.69, 9.17) is 9.84 Å². The smallest absolute Gasteiger partial charge is 0.419 e. The fraction of sp³-hybridized carbons (Fsp3) is 0.379. The molecule has 1 heterocycles. The Balaban J connectivity index is 1.76. The lowest BCUT2D eigenvalue weighted by atomic mass is 9.98. The molecule has 3 aromatic rings. The van der Waals surface area contributed by atoms with E-state index in [-0.39, 0.29) is 50.6 Å². The number of aryl methyl sites for hydroxylation is 2. The van der Waals surface area contributed by atoms with Gasteiger partial charge >= 0.3 is 18.2 Å². The summed E-state index contributed by atoms with van der Waals surface area (Å²) in [5, 5.41) is 21.4. The van der Waals surface area contributed by atoms with Crippen molar-refractivity contribution in [3.8, 4) is 0 Å². The van der Waals surface area contributed by atoms with E-state index >= 15 is 0 Å². The Bertz CT molecular complexity index is 1340. The lowest BCUT2D eigenvalue weighted by Crippen LogP contribution is -2.38. The Morgan fingerprint density at radius 3 is 2.24 bits per heavy atom. The van der Waals surface area contributed by atoms with Crippen molar-refractivity contribution >= 4 is 23.7 Å². The van der Waals surface area contributed by atoms with Gasteiger partial charge in [0.05, 0.1) is 24.3 Å². The second-order valence-electron chi connectivity index (χ2n) is 10.3. The number of halogens is 3. The summed E-state index contributed by atoms with van der Waals surface area (Å²) in [6.07, 6.45) is -4.64. The van der Waals surface area contributed by atoms with Crippen LogP contribution in [0.5, 0.6) is 0 Å². The minimum atomic E-state index is -4.66. The first-order valence-corrected chi connectivity index (χ1v) is 12.9. The van der Waals surface area contributed by atoms with Gasteiger partial charge in [-0.1, -0.05) is 36.4 Å². The van der Waals surface area contributed by atoms with Gasteiger partial charge in [-0.2, -0.15) is 13.2 Å². The molecule has 0 saturated carbocycles. The van der Waals surface area contributed by atoms with E-state index in [0.29, 0.717) is 16.8 Å². The number of hydrogen-bond acceptors (Lipinski definition) is 7. The number of anilines is 2. The summed E-state index contributed by atoms with van der Waals surface area (Å²) >= 11 is 0. The third kappa shape index (κ3) is 9.75. The molecule has 0 atom stereocenters. The first-order chi connectivity index (χ1) is 19.2. The molecule has 0 fully saturated rings. The maximum atomic E-state index is 13.7. The molecule has 0 aliphatic heterocycles. The first-order valence-electron chi connectivity index (χ1n) is 12.9. The maximum Gasteiger partial charge on any atom is 0.419 e. The van der Waals surface area contributed by atoms with Gasteiger partial charge < -0.3 is 25.2 Å². The Hall–Kier alpha value is -4.19. The van der Waals surface area contributed by atoms with E-state index in [0.717, 1.165) is 11.8 Å². The van der Waals surface area contributed by atoms with Crippen LogP contribution in [0, 0.1) is 0 Å². The van der Waals surface area contributed by atoms with Crippen molar-refractivity contribution in [2.75, 3.05) is 18.5 Å². The highest BCUT2D eigenvalue weighted by Gasteiger charge is 2.35. The standard InChI is InChI=1S/C29H33F3N4O5/c1-28(2,3)41-27(40)36(14-15-37)18-19-8-11-22(12-9-19)34-26-33-17-23(29(30,31)32)24(35-26)13-10-20-6-4-5-7-21(20)16-25(38)39/h4-9,11-12,17,37H,10,13-16,18H2,1-3H3,(H,38,39)(H,33,34,35). The zero-order valence-electron chi connectivity index (χ0n) is 23.0. The Morgan fingerprint density at radius 1 is 1.00 bits per heavy atom. The van der Waals surface area contributed by atoms with E-state index in [1.54, 1.807) is 69.3 Å². The highest BCUT2D eigenvalue weighted by molar-refractivity contribution is 5.70. The zero-order valence-corrected chi connectivity index (χ0v) is 23.0. The van der Waals surface area contributed by atoms with Crippen molar-refractivity contribution in [1.82, 2.24) is 14.9 Å². The molecule has 0 unspecified atom stereocenters. The Kier molecular flexibility index (Phi) is 10.3. The van der Waals surface area contributed by atoms with Crippen LogP contribution >= 0.6 is 0 Å². The largest absolute Gasteiger partial charge is 0.481 e. The van der Waals surface area contributed by atoms with Crippen molar-refractivity contribution < 1.29 is 37.7 Å². The number of aliphatic hydroxyl groups excluding tert-OH is 1. The number of nitrogens with zero attached hydrogens (tertiary/aromatic N) is 3. The first kappa shape index (κ1) is 31.3. The lowest BCUT2D eigenvalue weighted by molar-refractivity contribution is -0.139. The minimum Gasteiger partial charge on any atom is -0.481 e. The molecule has 2 aromatic carbocycles. The molecule has 12 heteroatoms. The average Bonchev–Trinajstić information content (AvgIpc) is 2.87. The van der Waals surface area contributed by atoms with Crippen molar-refractivity contribution in [3.63, 3.8) is 0 Å². The van der Waals surface area contributed by atoms with E-state index < -0.39 is 29.4 Å². The molecular weight excluding hydrogens is 541 g/mol. The number of amides is 1. The molecule has 9 nitrogen and oxygen atoms in total. The quantitative estimate of drug-likeness (QED) is 0.279. The molecule has 0 aliphatic carbocycles. The molecule has 1 amide bonds. The van der Waals surface area contributed by atoms with Gasteiger partial charge in [0.15, 0.2) is 0 Å². The van der Waals surface area contributed by atoms with E-state index in [1.807, 2.05) is 0 Å². The van der Waals surface area contributed by atoms with Crippen LogP contribution in [0.4, 0.5) is 29.6 Å². The second kappa shape index (κ2) is 13.4. The maximum absolute atomic E-state index is 13.7. The normalized spacial score (nSPS) is 11.7.